The lowest BCUT2D eigenvalue weighted by atomic mass is 9.78. The van der Waals surface area contributed by atoms with E-state index in [-0.39, 0.29) is 50.9 Å². The average molecular weight is 527 g/mol. The number of hydrogen-bond acceptors (Lipinski definition) is 5. The van der Waals surface area contributed by atoms with Gasteiger partial charge in [0, 0.05) is 30.3 Å². The summed E-state index contributed by atoms with van der Waals surface area (Å²) in [6, 6.07) is 5.28. The molecular formula is C26H25ClF2N6O2. The maximum atomic E-state index is 14.9. The standard InChI is InChI=1S/C26H25ClF2N6O2/c1-12(36)32-20-7-4-14(24(29)34-20)17-11-31-25(33-17)18-10-26(2,3)19-8-13(9-21(37)35(18)19)22-16(30)6-5-15(27)23(22)28/h4-7,9,11,18-19H,8,10,30H2,1-3H3,(H,31,33)(H,32,34,36)/t18-,19?/m0/s1. The third-order valence-electron chi connectivity index (χ3n) is 7.06. The van der Waals surface area contributed by atoms with E-state index in [1.54, 1.807) is 4.90 Å². The Hall–Kier alpha value is -3.79. The molecule has 2 aliphatic rings. The molecule has 8 nitrogen and oxygen atoms in total. The van der Waals surface area contributed by atoms with Crippen LogP contribution >= 0.6 is 11.6 Å². The molecule has 0 aliphatic carbocycles. The van der Waals surface area contributed by atoms with E-state index in [0.717, 1.165) is 0 Å². The van der Waals surface area contributed by atoms with E-state index in [4.69, 9.17) is 17.3 Å². The predicted octanol–water partition coefficient (Wildman–Crippen LogP) is 5.10. The molecule has 11 heteroatoms. The Morgan fingerprint density at radius 3 is 2.73 bits per heavy atom. The van der Waals surface area contributed by atoms with E-state index in [2.05, 4.69) is 20.3 Å². The number of amides is 2. The van der Waals surface area contributed by atoms with Gasteiger partial charge in [0.15, 0.2) is 5.82 Å². The lowest BCUT2D eigenvalue weighted by Crippen LogP contribution is -2.43. The summed E-state index contributed by atoms with van der Waals surface area (Å²) in [5.41, 5.74) is 7.18. The number of nitrogens with zero attached hydrogens (tertiary/aromatic N) is 3. The second kappa shape index (κ2) is 8.95. The number of benzene rings is 1. The lowest BCUT2D eigenvalue weighted by molar-refractivity contribution is -0.130. The van der Waals surface area contributed by atoms with Crippen LogP contribution in [0, 0.1) is 17.2 Å². The normalized spacial score (nSPS) is 20.5. The van der Waals surface area contributed by atoms with Crippen LogP contribution in [0.2, 0.25) is 5.02 Å². The Balaban J connectivity index is 1.47. The van der Waals surface area contributed by atoms with Gasteiger partial charge in [-0.15, -0.1) is 0 Å². The second-order valence-corrected chi connectivity index (χ2v) is 10.5. The highest BCUT2D eigenvalue weighted by Gasteiger charge is 2.51. The van der Waals surface area contributed by atoms with Crippen LogP contribution in [0.5, 0.6) is 0 Å². The Kier molecular flexibility index (Phi) is 6.02. The van der Waals surface area contributed by atoms with Gasteiger partial charge < -0.3 is 20.9 Å². The molecule has 1 aromatic carbocycles. The van der Waals surface area contributed by atoms with Crippen molar-refractivity contribution < 1.29 is 18.4 Å². The minimum Gasteiger partial charge on any atom is -0.398 e. The number of aromatic amines is 1. The van der Waals surface area contributed by atoms with Crippen LogP contribution in [-0.4, -0.2) is 37.7 Å². The minimum absolute atomic E-state index is 0.0570. The average Bonchev–Trinajstić information content (AvgIpc) is 3.39. The van der Waals surface area contributed by atoms with Crippen molar-refractivity contribution in [1.29, 1.82) is 0 Å². The van der Waals surface area contributed by atoms with Crippen molar-refractivity contribution in [3.05, 3.63) is 64.7 Å². The number of imidazole rings is 1. The van der Waals surface area contributed by atoms with Gasteiger partial charge in [0.1, 0.15) is 11.6 Å². The zero-order valence-electron chi connectivity index (χ0n) is 20.4. The topological polar surface area (TPSA) is 117 Å². The van der Waals surface area contributed by atoms with Crippen molar-refractivity contribution in [1.82, 2.24) is 19.9 Å². The molecule has 2 amide bonds. The first-order chi connectivity index (χ1) is 17.5. The molecule has 1 fully saturated rings. The van der Waals surface area contributed by atoms with E-state index in [0.29, 0.717) is 29.9 Å². The smallest absolute Gasteiger partial charge is 0.247 e. The Morgan fingerprint density at radius 1 is 1.27 bits per heavy atom. The van der Waals surface area contributed by atoms with Gasteiger partial charge in [0.2, 0.25) is 17.8 Å². The molecule has 3 aromatic rings. The number of rotatable bonds is 4. The number of nitrogens with one attached hydrogen (secondary N) is 2. The lowest BCUT2D eigenvalue weighted by Gasteiger charge is -2.37. The number of nitrogens with two attached hydrogens (primary N) is 1. The number of nitrogen functional groups attached to an aromatic ring is 1. The van der Waals surface area contributed by atoms with Gasteiger partial charge in [0.05, 0.1) is 28.5 Å². The molecule has 0 radical (unpaired) electrons. The van der Waals surface area contributed by atoms with Gasteiger partial charge in [-0.05, 0) is 48.1 Å². The zero-order chi connectivity index (χ0) is 26.6. The van der Waals surface area contributed by atoms with Crippen molar-refractivity contribution in [3.8, 4) is 11.3 Å². The highest BCUT2D eigenvalue weighted by molar-refractivity contribution is 6.31. The van der Waals surface area contributed by atoms with Crippen molar-refractivity contribution in [3.63, 3.8) is 0 Å². The highest BCUT2D eigenvalue weighted by Crippen LogP contribution is 2.52. The number of carbonyl (C=O) groups is 2. The summed E-state index contributed by atoms with van der Waals surface area (Å²) in [5, 5.41) is 2.38. The maximum Gasteiger partial charge on any atom is 0.247 e. The second-order valence-electron chi connectivity index (χ2n) is 10.1. The molecule has 2 aromatic heterocycles. The van der Waals surface area contributed by atoms with Gasteiger partial charge in [-0.2, -0.15) is 4.39 Å². The van der Waals surface area contributed by atoms with E-state index in [1.165, 1.54) is 43.5 Å². The number of aromatic nitrogens is 3. The fraction of sp³-hybridized carbons (Fsp3) is 0.308. The van der Waals surface area contributed by atoms with Crippen LogP contribution in [-0.2, 0) is 9.59 Å². The fourth-order valence-electron chi connectivity index (χ4n) is 5.32. The monoisotopic (exact) mass is 526 g/mol. The van der Waals surface area contributed by atoms with Crippen LogP contribution in [0.3, 0.4) is 0 Å². The van der Waals surface area contributed by atoms with Crippen molar-refractivity contribution in [2.75, 3.05) is 11.1 Å². The molecule has 5 rings (SSSR count). The van der Waals surface area contributed by atoms with Crippen LogP contribution in [0.25, 0.3) is 16.8 Å². The third-order valence-corrected chi connectivity index (χ3v) is 7.35. The molecule has 4 heterocycles. The van der Waals surface area contributed by atoms with Crippen LogP contribution < -0.4 is 11.1 Å². The van der Waals surface area contributed by atoms with Gasteiger partial charge in [-0.25, -0.2) is 14.4 Å². The van der Waals surface area contributed by atoms with Gasteiger partial charge >= 0.3 is 0 Å². The summed E-state index contributed by atoms with van der Waals surface area (Å²) < 4.78 is 29.6. The Labute approximate surface area is 216 Å². The van der Waals surface area contributed by atoms with Crippen LogP contribution in [0.15, 0.2) is 36.5 Å². The zero-order valence-corrected chi connectivity index (χ0v) is 21.2. The van der Waals surface area contributed by atoms with E-state index >= 15 is 0 Å². The molecule has 2 atom stereocenters. The largest absolute Gasteiger partial charge is 0.398 e. The molecule has 0 spiro atoms. The molecule has 1 saturated heterocycles. The molecule has 0 bridgehead atoms. The molecule has 2 aliphatic heterocycles. The first-order valence-corrected chi connectivity index (χ1v) is 12.1. The first kappa shape index (κ1) is 24.9. The minimum atomic E-state index is -0.770. The fourth-order valence-corrected chi connectivity index (χ4v) is 5.48. The number of fused-ring (bicyclic) bond motifs is 1. The number of anilines is 2. The summed E-state index contributed by atoms with van der Waals surface area (Å²) in [6.45, 7) is 5.41. The third kappa shape index (κ3) is 4.35. The van der Waals surface area contributed by atoms with Gasteiger partial charge in [-0.3, -0.25) is 9.59 Å². The Morgan fingerprint density at radius 2 is 2.03 bits per heavy atom. The van der Waals surface area contributed by atoms with E-state index < -0.39 is 17.8 Å². The number of H-pyrrole nitrogens is 1. The Bertz CT molecular complexity index is 1470. The molecule has 192 valence electrons. The van der Waals surface area contributed by atoms with Gasteiger partial charge in [0.25, 0.3) is 0 Å². The molecule has 4 N–H and O–H groups in total. The van der Waals surface area contributed by atoms with Crippen molar-refractivity contribution in [2.24, 2.45) is 5.41 Å². The molecule has 37 heavy (non-hydrogen) atoms. The summed E-state index contributed by atoms with van der Waals surface area (Å²) >= 11 is 5.99. The summed E-state index contributed by atoms with van der Waals surface area (Å²) in [6.07, 6.45) is 3.89. The number of hydrogen-bond donors (Lipinski definition) is 3. The maximum absolute atomic E-state index is 14.9. The number of halogens is 3. The van der Waals surface area contributed by atoms with Crippen LogP contribution in [0.4, 0.5) is 20.3 Å². The van der Waals surface area contributed by atoms with Crippen molar-refractivity contribution in [2.45, 2.75) is 45.7 Å². The van der Waals surface area contributed by atoms with E-state index in [9.17, 15) is 18.4 Å². The first-order valence-electron chi connectivity index (χ1n) is 11.7. The molecular weight excluding hydrogens is 502 g/mol. The van der Waals surface area contributed by atoms with Crippen LogP contribution in [0.1, 0.15) is 51.0 Å². The highest BCUT2D eigenvalue weighted by atomic mass is 35.5. The quantitative estimate of drug-likeness (QED) is 0.323. The predicted molar refractivity (Wildman–Crippen MR) is 136 cm³/mol. The summed E-state index contributed by atoms with van der Waals surface area (Å²) in [7, 11) is 0. The molecule has 0 saturated carbocycles. The van der Waals surface area contributed by atoms with Gasteiger partial charge in [-0.1, -0.05) is 25.4 Å². The summed E-state index contributed by atoms with van der Waals surface area (Å²) in [5.74, 6) is -1.44. The SMILES string of the molecule is CC(=O)Nc1ccc(-c2cnc([C@@H]3CC(C)(C)C4CC(c5c(N)ccc(Cl)c5F)=CC(=O)N43)[nH]2)c(F)n1. The summed E-state index contributed by atoms with van der Waals surface area (Å²) in [4.78, 5) is 37.8. The van der Waals surface area contributed by atoms with Crippen molar-refractivity contribution >= 4 is 40.5 Å². The molecule has 1 unspecified atom stereocenters. The number of pyridine rings is 1. The van der Waals surface area contributed by atoms with E-state index in [1.807, 2.05) is 13.8 Å². The number of carbonyl (C=O) groups excluding carboxylic acids is 2.